The van der Waals surface area contributed by atoms with Crippen LogP contribution in [0, 0.1) is 17.1 Å². The first-order valence-corrected chi connectivity index (χ1v) is 6.98. The minimum absolute atomic E-state index is 0.445. The molecule has 21 heavy (non-hydrogen) atoms. The fraction of sp³-hybridized carbons (Fsp3) is 0.364. The summed E-state index contributed by atoms with van der Waals surface area (Å²) in [6, 6.07) is 4.45. The van der Waals surface area contributed by atoms with Crippen molar-refractivity contribution in [2.75, 3.05) is 19.8 Å². The molecule has 116 valence electrons. The maximum Gasteiger partial charge on any atom is 0.411 e. The lowest BCUT2D eigenvalue weighted by Crippen LogP contribution is -2.29. The Hall–Kier alpha value is -1.70. The topological polar surface area (TPSA) is 79.2 Å². The van der Waals surface area contributed by atoms with Gasteiger partial charge in [-0.05, 0) is 12.1 Å². The standard InChI is InChI=1S/C11H10F4N2O3S/c12-9-2-1-3-10(8(9)6-16)21(18,19)17-4-5-20-7-11(13,14)15/h1-3,17H,4-5,7H2. The SMILES string of the molecule is N#Cc1c(F)cccc1S(=O)(=O)NCCOCC(F)(F)F. The second-order valence-corrected chi connectivity index (χ2v) is 5.53. The van der Waals surface area contributed by atoms with E-state index in [4.69, 9.17) is 5.26 Å². The van der Waals surface area contributed by atoms with Crippen molar-refractivity contribution in [1.29, 1.82) is 5.26 Å². The lowest BCUT2D eigenvalue weighted by molar-refractivity contribution is -0.173. The molecule has 1 N–H and O–H groups in total. The van der Waals surface area contributed by atoms with E-state index in [0.29, 0.717) is 0 Å². The Bertz CT molecular complexity index is 638. The average Bonchev–Trinajstić information content (AvgIpc) is 2.36. The Kier molecular flexibility index (Phi) is 5.65. The Morgan fingerprint density at radius 2 is 2.00 bits per heavy atom. The van der Waals surface area contributed by atoms with Crippen molar-refractivity contribution < 1.29 is 30.7 Å². The second kappa shape index (κ2) is 6.84. The quantitative estimate of drug-likeness (QED) is 0.635. The predicted molar refractivity (Wildman–Crippen MR) is 63.2 cm³/mol. The summed E-state index contributed by atoms with van der Waals surface area (Å²) in [5.74, 6) is -1.01. The molecular weight excluding hydrogens is 316 g/mol. The third-order valence-corrected chi connectivity index (χ3v) is 3.68. The van der Waals surface area contributed by atoms with Crippen LogP contribution in [0.2, 0.25) is 0 Å². The summed E-state index contributed by atoms with van der Waals surface area (Å²) in [5, 5.41) is 8.73. The van der Waals surface area contributed by atoms with Crippen molar-refractivity contribution >= 4 is 10.0 Å². The van der Waals surface area contributed by atoms with Crippen molar-refractivity contribution in [2.24, 2.45) is 0 Å². The van der Waals surface area contributed by atoms with E-state index in [1.165, 1.54) is 6.07 Å². The summed E-state index contributed by atoms with van der Waals surface area (Å²) < 4.78 is 78.4. The van der Waals surface area contributed by atoms with Crippen molar-refractivity contribution in [1.82, 2.24) is 4.72 Å². The zero-order chi connectivity index (χ0) is 16.1. The zero-order valence-electron chi connectivity index (χ0n) is 10.4. The van der Waals surface area contributed by atoms with Gasteiger partial charge >= 0.3 is 6.18 Å². The van der Waals surface area contributed by atoms with Gasteiger partial charge in [-0.2, -0.15) is 18.4 Å². The number of rotatable bonds is 6. The minimum atomic E-state index is -4.50. The fourth-order valence-corrected chi connectivity index (χ4v) is 2.53. The van der Waals surface area contributed by atoms with E-state index in [1.54, 1.807) is 0 Å². The number of benzene rings is 1. The molecule has 0 saturated carbocycles. The summed E-state index contributed by atoms with van der Waals surface area (Å²) in [5.41, 5.74) is -0.666. The first kappa shape index (κ1) is 17.4. The van der Waals surface area contributed by atoms with E-state index >= 15 is 0 Å². The van der Waals surface area contributed by atoms with Crippen LogP contribution in [0.1, 0.15) is 5.56 Å². The molecule has 0 spiro atoms. The smallest absolute Gasteiger partial charge is 0.371 e. The maximum absolute atomic E-state index is 13.3. The molecule has 10 heteroatoms. The maximum atomic E-state index is 13.3. The highest BCUT2D eigenvalue weighted by Gasteiger charge is 2.27. The summed E-state index contributed by atoms with van der Waals surface area (Å²) >= 11 is 0. The van der Waals surface area contributed by atoms with E-state index in [0.717, 1.165) is 18.2 Å². The molecule has 0 radical (unpaired) electrons. The molecule has 1 aromatic rings. The number of alkyl halides is 3. The number of nitrogens with zero attached hydrogens (tertiary/aromatic N) is 1. The predicted octanol–water partition coefficient (Wildman–Crippen LogP) is 1.55. The molecule has 0 saturated heterocycles. The molecule has 0 aromatic heterocycles. The molecule has 0 aliphatic heterocycles. The summed E-state index contributed by atoms with van der Waals surface area (Å²) in [6.45, 7) is -2.46. The average molecular weight is 326 g/mol. The van der Waals surface area contributed by atoms with Gasteiger partial charge in [0.25, 0.3) is 0 Å². The van der Waals surface area contributed by atoms with Crippen LogP contribution in [0.25, 0.3) is 0 Å². The molecule has 0 unspecified atom stereocenters. The van der Waals surface area contributed by atoms with Crippen LogP contribution < -0.4 is 4.72 Å². The minimum Gasteiger partial charge on any atom is -0.371 e. The first-order chi connectivity index (χ1) is 9.67. The lowest BCUT2D eigenvalue weighted by Gasteiger charge is -2.10. The Morgan fingerprint density at radius 3 is 2.57 bits per heavy atom. The van der Waals surface area contributed by atoms with Gasteiger partial charge in [0, 0.05) is 6.54 Å². The van der Waals surface area contributed by atoms with Crippen LogP contribution in [-0.2, 0) is 14.8 Å². The largest absolute Gasteiger partial charge is 0.411 e. The summed E-state index contributed by atoms with van der Waals surface area (Å²) in [6.07, 6.45) is -4.50. The summed E-state index contributed by atoms with van der Waals surface area (Å²) in [7, 11) is -4.22. The molecule has 0 fully saturated rings. The highest BCUT2D eigenvalue weighted by Crippen LogP contribution is 2.17. The van der Waals surface area contributed by atoms with E-state index in [9.17, 15) is 26.0 Å². The Morgan fingerprint density at radius 1 is 1.33 bits per heavy atom. The van der Waals surface area contributed by atoms with Crippen molar-refractivity contribution in [2.45, 2.75) is 11.1 Å². The number of halogens is 4. The molecule has 0 amide bonds. The van der Waals surface area contributed by atoms with Crippen LogP contribution in [0.5, 0.6) is 0 Å². The monoisotopic (exact) mass is 326 g/mol. The highest BCUT2D eigenvalue weighted by atomic mass is 32.2. The van der Waals surface area contributed by atoms with Gasteiger partial charge in [-0.15, -0.1) is 0 Å². The molecule has 0 aliphatic rings. The molecule has 0 heterocycles. The van der Waals surface area contributed by atoms with Crippen LogP contribution in [0.3, 0.4) is 0 Å². The number of sulfonamides is 1. The van der Waals surface area contributed by atoms with Gasteiger partial charge in [0.1, 0.15) is 29.0 Å². The van der Waals surface area contributed by atoms with E-state index in [2.05, 4.69) is 4.74 Å². The van der Waals surface area contributed by atoms with Gasteiger partial charge < -0.3 is 4.74 Å². The molecule has 1 aromatic carbocycles. The first-order valence-electron chi connectivity index (χ1n) is 5.50. The van der Waals surface area contributed by atoms with Crippen LogP contribution in [-0.4, -0.2) is 34.4 Å². The van der Waals surface area contributed by atoms with Gasteiger partial charge in [-0.25, -0.2) is 17.5 Å². The van der Waals surface area contributed by atoms with Gasteiger partial charge in [0.15, 0.2) is 0 Å². The number of nitrogens with one attached hydrogen (secondary N) is 1. The molecule has 5 nitrogen and oxygen atoms in total. The normalized spacial score (nSPS) is 12.1. The molecule has 0 atom stereocenters. The van der Waals surface area contributed by atoms with Crippen molar-refractivity contribution in [3.05, 3.63) is 29.6 Å². The highest BCUT2D eigenvalue weighted by molar-refractivity contribution is 7.89. The van der Waals surface area contributed by atoms with Gasteiger partial charge in [-0.3, -0.25) is 0 Å². The molecule has 1 rings (SSSR count). The lowest BCUT2D eigenvalue weighted by atomic mass is 10.2. The Balaban J connectivity index is 2.68. The van der Waals surface area contributed by atoms with Crippen LogP contribution in [0.15, 0.2) is 23.1 Å². The fourth-order valence-electron chi connectivity index (χ4n) is 1.35. The number of ether oxygens (including phenoxy) is 1. The van der Waals surface area contributed by atoms with Gasteiger partial charge in [0.2, 0.25) is 10.0 Å². The van der Waals surface area contributed by atoms with Crippen molar-refractivity contribution in [3.8, 4) is 6.07 Å². The molecule has 0 bridgehead atoms. The Labute approximate surface area is 118 Å². The third kappa shape index (κ3) is 5.30. The van der Waals surface area contributed by atoms with Crippen LogP contribution >= 0.6 is 0 Å². The van der Waals surface area contributed by atoms with E-state index in [-0.39, 0.29) is 0 Å². The third-order valence-electron chi connectivity index (χ3n) is 2.18. The van der Waals surface area contributed by atoms with E-state index in [1.807, 2.05) is 4.72 Å². The summed E-state index contributed by atoms with van der Waals surface area (Å²) in [4.78, 5) is -0.583. The van der Waals surface area contributed by atoms with Crippen LogP contribution in [0.4, 0.5) is 17.6 Å². The number of hydrogen-bond acceptors (Lipinski definition) is 4. The van der Waals surface area contributed by atoms with E-state index < -0.39 is 52.2 Å². The van der Waals surface area contributed by atoms with Crippen molar-refractivity contribution in [3.63, 3.8) is 0 Å². The van der Waals surface area contributed by atoms with Gasteiger partial charge in [0.05, 0.1) is 6.61 Å². The second-order valence-electron chi connectivity index (χ2n) is 3.79. The number of hydrogen-bond donors (Lipinski definition) is 1. The molecule has 0 aliphatic carbocycles. The molecular formula is C11H10F4N2O3S. The number of nitriles is 1. The van der Waals surface area contributed by atoms with Gasteiger partial charge in [-0.1, -0.05) is 6.07 Å². The zero-order valence-corrected chi connectivity index (χ0v) is 11.3.